The lowest BCUT2D eigenvalue weighted by Gasteiger charge is -2.20. The third-order valence-corrected chi connectivity index (χ3v) is 2.18. The Hall–Kier alpha value is -1.38. The largest absolute Gasteiger partial charge is 0.369 e. The summed E-state index contributed by atoms with van der Waals surface area (Å²) in [6.45, 7) is 3.42. The van der Waals surface area contributed by atoms with Gasteiger partial charge in [0.05, 0.1) is 5.41 Å². The molecule has 0 heterocycles. The first-order chi connectivity index (χ1) is 5.94. The van der Waals surface area contributed by atoms with E-state index in [9.17, 15) is 9.18 Å². The molecule has 1 aromatic rings. The molecule has 1 aromatic carbocycles. The standard InChI is InChI=1S/C10H12FNO/c1-10(2,9(12)13)7-3-5-8(11)6-4-7/h3-6H,1-2H3,(H2,12,13). The number of carbonyl (C=O) groups is 1. The molecular weight excluding hydrogens is 169 g/mol. The summed E-state index contributed by atoms with van der Waals surface area (Å²) in [6, 6.07) is 5.78. The maximum Gasteiger partial charge on any atom is 0.227 e. The molecule has 0 spiro atoms. The van der Waals surface area contributed by atoms with E-state index in [1.54, 1.807) is 26.0 Å². The van der Waals surface area contributed by atoms with E-state index in [0.717, 1.165) is 5.56 Å². The van der Waals surface area contributed by atoms with Crippen LogP contribution in [0.5, 0.6) is 0 Å². The van der Waals surface area contributed by atoms with Gasteiger partial charge in [0.15, 0.2) is 0 Å². The van der Waals surface area contributed by atoms with Gasteiger partial charge >= 0.3 is 0 Å². The first-order valence-electron chi connectivity index (χ1n) is 4.00. The fourth-order valence-corrected chi connectivity index (χ4v) is 1.01. The van der Waals surface area contributed by atoms with Crippen LogP contribution >= 0.6 is 0 Å². The van der Waals surface area contributed by atoms with Gasteiger partial charge in [-0.25, -0.2) is 4.39 Å². The van der Waals surface area contributed by atoms with Crippen molar-refractivity contribution in [3.8, 4) is 0 Å². The van der Waals surface area contributed by atoms with Crippen LogP contribution in [0, 0.1) is 5.82 Å². The van der Waals surface area contributed by atoms with Crippen LogP contribution in [0.1, 0.15) is 19.4 Å². The van der Waals surface area contributed by atoms with E-state index >= 15 is 0 Å². The van der Waals surface area contributed by atoms with Crippen LogP contribution in [0.2, 0.25) is 0 Å². The molecule has 13 heavy (non-hydrogen) atoms. The maximum atomic E-state index is 12.6. The molecule has 1 rings (SSSR count). The molecule has 1 amide bonds. The average Bonchev–Trinajstić information content (AvgIpc) is 2.04. The summed E-state index contributed by atoms with van der Waals surface area (Å²) in [6.07, 6.45) is 0. The monoisotopic (exact) mass is 181 g/mol. The summed E-state index contributed by atoms with van der Waals surface area (Å²) < 4.78 is 12.6. The predicted octanol–water partition coefficient (Wildman–Crippen LogP) is 1.59. The van der Waals surface area contributed by atoms with Gasteiger partial charge in [0.25, 0.3) is 0 Å². The lowest BCUT2D eigenvalue weighted by Crippen LogP contribution is -2.35. The highest BCUT2D eigenvalue weighted by Crippen LogP contribution is 2.22. The second-order valence-corrected chi connectivity index (χ2v) is 3.50. The van der Waals surface area contributed by atoms with Crippen LogP contribution < -0.4 is 5.73 Å². The molecule has 70 valence electrons. The van der Waals surface area contributed by atoms with Gasteiger partial charge in [-0.3, -0.25) is 4.79 Å². The Bertz CT molecular complexity index is 316. The van der Waals surface area contributed by atoms with Crippen molar-refractivity contribution in [2.24, 2.45) is 5.73 Å². The van der Waals surface area contributed by atoms with Gasteiger partial charge in [0.1, 0.15) is 5.82 Å². The average molecular weight is 181 g/mol. The van der Waals surface area contributed by atoms with Crippen LogP contribution in [0.15, 0.2) is 24.3 Å². The summed E-state index contributed by atoms with van der Waals surface area (Å²) in [5, 5.41) is 0. The number of rotatable bonds is 2. The van der Waals surface area contributed by atoms with E-state index in [4.69, 9.17) is 5.73 Å². The van der Waals surface area contributed by atoms with Gasteiger partial charge in [0, 0.05) is 0 Å². The molecule has 0 aliphatic carbocycles. The zero-order valence-electron chi connectivity index (χ0n) is 7.67. The fourth-order valence-electron chi connectivity index (χ4n) is 1.01. The van der Waals surface area contributed by atoms with Crippen molar-refractivity contribution in [3.63, 3.8) is 0 Å². The van der Waals surface area contributed by atoms with Gasteiger partial charge in [-0.05, 0) is 31.5 Å². The molecule has 0 saturated heterocycles. The summed E-state index contributed by atoms with van der Waals surface area (Å²) in [4.78, 5) is 11.0. The number of amides is 1. The lowest BCUT2D eigenvalue weighted by molar-refractivity contribution is -0.122. The summed E-state index contributed by atoms with van der Waals surface area (Å²) in [5.41, 5.74) is 5.19. The molecule has 0 aliphatic rings. The first-order valence-corrected chi connectivity index (χ1v) is 4.00. The first kappa shape index (κ1) is 9.71. The second-order valence-electron chi connectivity index (χ2n) is 3.50. The van der Waals surface area contributed by atoms with Gasteiger partial charge < -0.3 is 5.73 Å². The maximum absolute atomic E-state index is 12.6. The van der Waals surface area contributed by atoms with Gasteiger partial charge in [-0.2, -0.15) is 0 Å². The molecule has 2 nitrogen and oxygen atoms in total. The second kappa shape index (κ2) is 3.17. The van der Waals surface area contributed by atoms with Crippen LogP contribution in [0.3, 0.4) is 0 Å². The SMILES string of the molecule is CC(C)(C(N)=O)c1ccc(F)cc1. The highest BCUT2D eigenvalue weighted by molar-refractivity contribution is 5.85. The zero-order chi connectivity index (χ0) is 10.1. The Morgan fingerprint density at radius 2 is 1.77 bits per heavy atom. The molecule has 0 fully saturated rings. The van der Waals surface area contributed by atoms with E-state index in [2.05, 4.69) is 0 Å². The van der Waals surface area contributed by atoms with E-state index < -0.39 is 11.3 Å². The Morgan fingerprint density at radius 3 is 2.15 bits per heavy atom. The van der Waals surface area contributed by atoms with Crippen LogP contribution in [0.25, 0.3) is 0 Å². The highest BCUT2D eigenvalue weighted by atomic mass is 19.1. The van der Waals surface area contributed by atoms with Crippen molar-refractivity contribution in [1.82, 2.24) is 0 Å². The number of hydrogen-bond acceptors (Lipinski definition) is 1. The molecule has 0 unspecified atom stereocenters. The number of carbonyl (C=O) groups excluding carboxylic acids is 1. The van der Waals surface area contributed by atoms with Crippen molar-refractivity contribution < 1.29 is 9.18 Å². The van der Waals surface area contributed by atoms with Crippen LogP contribution in [0.4, 0.5) is 4.39 Å². The lowest BCUT2D eigenvalue weighted by atomic mass is 9.84. The normalized spacial score (nSPS) is 11.3. The number of nitrogens with two attached hydrogens (primary N) is 1. The number of halogens is 1. The van der Waals surface area contributed by atoms with Gasteiger partial charge in [0.2, 0.25) is 5.91 Å². The smallest absolute Gasteiger partial charge is 0.227 e. The van der Waals surface area contributed by atoms with E-state index in [1.165, 1.54) is 12.1 Å². The summed E-state index contributed by atoms with van der Waals surface area (Å²) in [7, 11) is 0. The van der Waals surface area contributed by atoms with Crippen molar-refractivity contribution >= 4 is 5.91 Å². The minimum atomic E-state index is -0.742. The summed E-state index contributed by atoms with van der Waals surface area (Å²) >= 11 is 0. The van der Waals surface area contributed by atoms with Crippen LogP contribution in [-0.4, -0.2) is 5.91 Å². The minimum Gasteiger partial charge on any atom is -0.369 e. The molecule has 0 bridgehead atoms. The van der Waals surface area contributed by atoms with Crippen LogP contribution in [-0.2, 0) is 10.2 Å². The molecule has 0 atom stereocenters. The Labute approximate surface area is 76.6 Å². The summed E-state index contributed by atoms with van der Waals surface area (Å²) in [5.74, 6) is -0.733. The Balaban J connectivity index is 3.08. The van der Waals surface area contributed by atoms with Gasteiger partial charge in [-0.15, -0.1) is 0 Å². The molecular formula is C10H12FNO. The van der Waals surface area contributed by atoms with E-state index in [1.807, 2.05) is 0 Å². The van der Waals surface area contributed by atoms with E-state index in [-0.39, 0.29) is 5.82 Å². The quantitative estimate of drug-likeness (QED) is 0.739. The molecule has 0 saturated carbocycles. The third kappa shape index (κ3) is 1.86. The van der Waals surface area contributed by atoms with Crippen molar-refractivity contribution in [1.29, 1.82) is 0 Å². The zero-order valence-corrected chi connectivity index (χ0v) is 7.67. The molecule has 2 N–H and O–H groups in total. The Kier molecular flexibility index (Phi) is 2.36. The fraction of sp³-hybridized carbons (Fsp3) is 0.300. The van der Waals surface area contributed by atoms with E-state index in [0.29, 0.717) is 0 Å². The molecule has 0 aliphatic heterocycles. The minimum absolute atomic E-state index is 0.316. The Morgan fingerprint density at radius 1 is 1.31 bits per heavy atom. The molecule has 0 aromatic heterocycles. The molecule has 0 radical (unpaired) electrons. The van der Waals surface area contributed by atoms with Crippen molar-refractivity contribution in [2.75, 3.05) is 0 Å². The number of hydrogen-bond donors (Lipinski definition) is 1. The van der Waals surface area contributed by atoms with Gasteiger partial charge in [-0.1, -0.05) is 12.1 Å². The predicted molar refractivity (Wildman–Crippen MR) is 48.6 cm³/mol. The molecule has 3 heteroatoms. The van der Waals surface area contributed by atoms with Crippen molar-refractivity contribution in [3.05, 3.63) is 35.6 Å². The number of benzene rings is 1. The third-order valence-electron chi connectivity index (χ3n) is 2.18. The van der Waals surface area contributed by atoms with Crippen molar-refractivity contribution in [2.45, 2.75) is 19.3 Å². The topological polar surface area (TPSA) is 43.1 Å². The number of primary amides is 1. The highest BCUT2D eigenvalue weighted by Gasteiger charge is 2.26.